The summed E-state index contributed by atoms with van der Waals surface area (Å²) in [4.78, 5) is 0.155. The third kappa shape index (κ3) is 3.37. The van der Waals surface area contributed by atoms with E-state index in [1.54, 1.807) is 19.1 Å². The molecule has 1 fully saturated rings. The lowest BCUT2D eigenvalue weighted by atomic mass is 9.94. The molecule has 5 nitrogen and oxygen atoms in total. The smallest absolute Gasteiger partial charge is 0.241 e. The summed E-state index contributed by atoms with van der Waals surface area (Å²) in [7, 11) is -3.62. The minimum atomic E-state index is -3.62. The second-order valence-corrected chi connectivity index (χ2v) is 6.90. The van der Waals surface area contributed by atoms with E-state index in [9.17, 15) is 13.5 Å². The molecule has 0 atom stereocenters. The lowest BCUT2D eigenvalue weighted by molar-refractivity contribution is 0.120. The standard InChI is InChI=1S/C14H18N2O3S/c1-10-2-3-11(9-15)8-14(10)20(18,19)16-12-4-6-13(17)7-5-12/h2-3,8,12-13,16-17H,4-7H2,1H3. The summed E-state index contributed by atoms with van der Waals surface area (Å²) in [6, 6.07) is 6.44. The van der Waals surface area contributed by atoms with Crippen molar-refractivity contribution < 1.29 is 13.5 Å². The van der Waals surface area contributed by atoms with Gasteiger partial charge in [-0.05, 0) is 50.3 Å². The van der Waals surface area contributed by atoms with E-state index in [1.165, 1.54) is 6.07 Å². The molecular formula is C14H18N2O3S. The summed E-state index contributed by atoms with van der Waals surface area (Å²) in [6.45, 7) is 1.71. The Kier molecular flexibility index (Phi) is 4.43. The molecule has 0 heterocycles. The van der Waals surface area contributed by atoms with Gasteiger partial charge in [0.25, 0.3) is 0 Å². The SMILES string of the molecule is Cc1ccc(C#N)cc1S(=O)(=O)NC1CCC(O)CC1. The monoisotopic (exact) mass is 294 g/mol. The second-order valence-electron chi connectivity index (χ2n) is 5.22. The molecule has 0 bridgehead atoms. The zero-order valence-electron chi connectivity index (χ0n) is 11.3. The van der Waals surface area contributed by atoms with Gasteiger partial charge in [-0.1, -0.05) is 6.07 Å². The van der Waals surface area contributed by atoms with E-state index in [0.29, 0.717) is 36.8 Å². The van der Waals surface area contributed by atoms with Crippen molar-refractivity contribution in [1.82, 2.24) is 4.72 Å². The highest BCUT2D eigenvalue weighted by molar-refractivity contribution is 7.89. The molecule has 0 aromatic heterocycles. The summed E-state index contributed by atoms with van der Waals surface area (Å²) in [6.07, 6.45) is 2.18. The van der Waals surface area contributed by atoms with E-state index in [2.05, 4.69) is 4.72 Å². The number of aryl methyl sites for hydroxylation is 1. The van der Waals surface area contributed by atoms with Gasteiger partial charge in [-0.2, -0.15) is 5.26 Å². The first kappa shape index (κ1) is 15.0. The first-order chi connectivity index (χ1) is 9.42. The normalized spacial score (nSPS) is 23.2. The van der Waals surface area contributed by atoms with Crippen LogP contribution in [0.1, 0.15) is 36.8 Å². The molecule has 2 N–H and O–H groups in total. The molecule has 0 spiro atoms. The summed E-state index contributed by atoms with van der Waals surface area (Å²) in [5.41, 5.74) is 0.947. The van der Waals surface area contributed by atoms with Crippen molar-refractivity contribution in [3.8, 4) is 6.07 Å². The van der Waals surface area contributed by atoms with Gasteiger partial charge in [-0.3, -0.25) is 0 Å². The fourth-order valence-electron chi connectivity index (χ4n) is 2.44. The van der Waals surface area contributed by atoms with Gasteiger partial charge in [-0.15, -0.1) is 0 Å². The minimum Gasteiger partial charge on any atom is -0.393 e. The van der Waals surface area contributed by atoms with Crippen LogP contribution in [0, 0.1) is 18.3 Å². The van der Waals surface area contributed by atoms with E-state index < -0.39 is 10.0 Å². The van der Waals surface area contributed by atoms with Crippen molar-refractivity contribution in [2.45, 2.75) is 49.6 Å². The maximum Gasteiger partial charge on any atom is 0.241 e. The van der Waals surface area contributed by atoms with Crippen LogP contribution < -0.4 is 4.72 Å². The second kappa shape index (κ2) is 5.92. The molecule has 2 rings (SSSR count). The average molecular weight is 294 g/mol. The highest BCUT2D eigenvalue weighted by Gasteiger charge is 2.25. The number of benzene rings is 1. The van der Waals surface area contributed by atoms with Crippen molar-refractivity contribution in [3.05, 3.63) is 29.3 Å². The highest BCUT2D eigenvalue weighted by Crippen LogP contribution is 2.22. The Hall–Kier alpha value is -1.42. The molecule has 1 aliphatic rings. The Labute approximate surface area is 119 Å². The molecule has 1 aromatic carbocycles. The molecule has 6 heteroatoms. The number of sulfonamides is 1. The number of aliphatic hydroxyl groups is 1. The first-order valence-electron chi connectivity index (χ1n) is 6.63. The molecule has 0 unspecified atom stereocenters. The topological polar surface area (TPSA) is 90.2 Å². The molecule has 0 saturated heterocycles. The van der Waals surface area contributed by atoms with Gasteiger partial charge >= 0.3 is 0 Å². The number of hydrogen-bond acceptors (Lipinski definition) is 4. The van der Waals surface area contributed by atoms with E-state index in [1.807, 2.05) is 6.07 Å². The van der Waals surface area contributed by atoms with Crippen LogP contribution in [0.2, 0.25) is 0 Å². The van der Waals surface area contributed by atoms with E-state index in [0.717, 1.165) is 0 Å². The third-order valence-corrected chi connectivity index (χ3v) is 5.29. The fraction of sp³-hybridized carbons (Fsp3) is 0.500. The average Bonchev–Trinajstić information content (AvgIpc) is 2.41. The molecule has 108 valence electrons. The van der Waals surface area contributed by atoms with E-state index in [-0.39, 0.29) is 17.0 Å². The van der Waals surface area contributed by atoms with Crippen LogP contribution in [0.25, 0.3) is 0 Å². The van der Waals surface area contributed by atoms with Crippen LogP contribution in [0.4, 0.5) is 0 Å². The quantitative estimate of drug-likeness (QED) is 0.882. The lowest BCUT2D eigenvalue weighted by Crippen LogP contribution is -2.38. The molecule has 1 aromatic rings. The maximum atomic E-state index is 12.4. The molecule has 20 heavy (non-hydrogen) atoms. The van der Waals surface area contributed by atoms with Gasteiger partial charge in [0.1, 0.15) is 0 Å². The predicted octanol–water partition coefficient (Wildman–Crippen LogP) is 1.45. The van der Waals surface area contributed by atoms with Crippen LogP contribution >= 0.6 is 0 Å². The number of nitriles is 1. The lowest BCUT2D eigenvalue weighted by Gasteiger charge is -2.26. The molecule has 1 saturated carbocycles. The van der Waals surface area contributed by atoms with Crippen LogP contribution in [-0.4, -0.2) is 25.7 Å². The van der Waals surface area contributed by atoms with Crippen molar-refractivity contribution in [3.63, 3.8) is 0 Å². The number of nitrogens with one attached hydrogen (secondary N) is 1. The summed E-state index contributed by atoms with van der Waals surface area (Å²) in [5.74, 6) is 0. The fourth-order valence-corrected chi connectivity index (χ4v) is 4.01. The molecule has 1 aliphatic carbocycles. The Balaban J connectivity index is 2.20. The summed E-state index contributed by atoms with van der Waals surface area (Å²) < 4.78 is 27.5. The Bertz CT molecular complexity index is 626. The van der Waals surface area contributed by atoms with Gasteiger partial charge in [0.15, 0.2) is 0 Å². The predicted molar refractivity (Wildman–Crippen MR) is 74.5 cm³/mol. The Morgan fingerprint density at radius 1 is 1.30 bits per heavy atom. The maximum absolute atomic E-state index is 12.4. The van der Waals surface area contributed by atoms with Crippen LogP contribution in [-0.2, 0) is 10.0 Å². The Morgan fingerprint density at radius 2 is 1.95 bits per heavy atom. The van der Waals surface area contributed by atoms with Crippen molar-refractivity contribution in [1.29, 1.82) is 5.26 Å². The number of hydrogen-bond donors (Lipinski definition) is 2. The van der Waals surface area contributed by atoms with Crippen LogP contribution in [0.15, 0.2) is 23.1 Å². The molecule has 0 amide bonds. The Morgan fingerprint density at radius 3 is 2.55 bits per heavy atom. The van der Waals surface area contributed by atoms with Crippen LogP contribution in [0.3, 0.4) is 0 Å². The largest absolute Gasteiger partial charge is 0.393 e. The van der Waals surface area contributed by atoms with Gasteiger partial charge in [0, 0.05) is 6.04 Å². The summed E-state index contributed by atoms with van der Waals surface area (Å²) in [5, 5.41) is 18.3. The van der Waals surface area contributed by atoms with Crippen molar-refractivity contribution >= 4 is 10.0 Å². The van der Waals surface area contributed by atoms with Crippen molar-refractivity contribution in [2.75, 3.05) is 0 Å². The van der Waals surface area contributed by atoms with E-state index in [4.69, 9.17) is 5.26 Å². The number of aliphatic hydroxyl groups excluding tert-OH is 1. The highest BCUT2D eigenvalue weighted by atomic mass is 32.2. The molecular weight excluding hydrogens is 276 g/mol. The van der Waals surface area contributed by atoms with Crippen LogP contribution in [0.5, 0.6) is 0 Å². The first-order valence-corrected chi connectivity index (χ1v) is 8.12. The molecule has 0 radical (unpaired) electrons. The number of nitrogens with zero attached hydrogens (tertiary/aromatic N) is 1. The van der Waals surface area contributed by atoms with Gasteiger partial charge < -0.3 is 5.11 Å². The molecule has 0 aliphatic heterocycles. The minimum absolute atomic E-state index is 0.145. The number of rotatable bonds is 3. The third-order valence-electron chi connectivity index (χ3n) is 3.63. The van der Waals surface area contributed by atoms with Gasteiger partial charge in [-0.25, -0.2) is 13.1 Å². The van der Waals surface area contributed by atoms with Crippen molar-refractivity contribution in [2.24, 2.45) is 0 Å². The van der Waals surface area contributed by atoms with E-state index >= 15 is 0 Å². The summed E-state index contributed by atoms with van der Waals surface area (Å²) >= 11 is 0. The zero-order valence-corrected chi connectivity index (χ0v) is 12.2. The van der Waals surface area contributed by atoms with Gasteiger partial charge in [0.05, 0.1) is 22.6 Å². The zero-order chi connectivity index (χ0) is 14.8. The van der Waals surface area contributed by atoms with Gasteiger partial charge in [0.2, 0.25) is 10.0 Å².